The summed E-state index contributed by atoms with van der Waals surface area (Å²) in [6.45, 7) is 0. The van der Waals surface area contributed by atoms with Crippen LogP contribution < -0.4 is 0 Å². The molecule has 0 amide bonds. The second kappa shape index (κ2) is 4.22. The van der Waals surface area contributed by atoms with Gasteiger partial charge >= 0.3 is 0 Å². The van der Waals surface area contributed by atoms with Crippen LogP contribution in [0.1, 0.15) is 28.0 Å². The molecule has 0 aliphatic heterocycles. The highest BCUT2D eigenvalue weighted by atomic mass is 32.1. The summed E-state index contributed by atoms with van der Waals surface area (Å²) in [4.78, 5) is 12.2. The van der Waals surface area contributed by atoms with Gasteiger partial charge in [-0.05, 0) is 36.0 Å². The Morgan fingerprint density at radius 3 is 2.94 bits per heavy atom. The van der Waals surface area contributed by atoms with Crippen LogP contribution in [-0.2, 0) is 6.42 Å². The number of ketones is 1. The van der Waals surface area contributed by atoms with Gasteiger partial charge in [0.05, 0.1) is 5.69 Å². The molecular weight excluding hydrogens is 232 g/mol. The first-order chi connectivity index (χ1) is 8.34. The van der Waals surface area contributed by atoms with Crippen LogP contribution in [0.5, 0.6) is 0 Å². The molecule has 0 radical (unpaired) electrons. The Kier molecular flexibility index (Phi) is 2.57. The molecule has 0 saturated carbocycles. The maximum atomic E-state index is 12.2. The van der Waals surface area contributed by atoms with Crippen molar-refractivity contribution in [2.45, 2.75) is 12.8 Å². The van der Waals surface area contributed by atoms with E-state index in [9.17, 15) is 4.79 Å². The van der Waals surface area contributed by atoms with Crippen molar-refractivity contribution in [3.05, 3.63) is 52.0 Å². The zero-order valence-electron chi connectivity index (χ0n) is 9.09. The summed E-state index contributed by atoms with van der Waals surface area (Å²) < 4.78 is 3.79. The van der Waals surface area contributed by atoms with Crippen LogP contribution in [0.2, 0.25) is 0 Å². The molecular formula is C13H10N2OS. The molecule has 3 rings (SSSR count). The van der Waals surface area contributed by atoms with Crippen molar-refractivity contribution in [2.24, 2.45) is 0 Å². The third kappa shape index (κ3) is 1.91. The van der Waals surface area contributed by atoms with Crippen LogP contribution in [0.3, 0.4) is 0 Å². The first-order valence-electron chi connectivity index (χ1n) is 5.45. The fourth-order valence-electron chi connectivity index (χ4n) is 2.07. The minimum Gasteiger partial charge on any atom is -0.289 e. The lowest BCUT2D eigenvalue weighted by atomic mass is 9.86. The maximum absolute atomic E-state index is 12.2. The summed E-state index contributed by atoms with van der Waals surface area (Å²) in [5, 5.41) is 5.79. The highest BCUT2D eigenvalue weighted by Crippen LogP contribution is 2.26. The number of nitrogens with zero attached hydrogens (tertiary/aromatic N) is 2. The molecule has 0 bridgehead atoms. The van der Waals surface area contributed by atoms with Crippen LogP contribution in [0.15, 0.2) is 35.2 Å². The minimum absolute atomic E-state index is 0.125. The average molecular weight is 242 g/mol. The standard InChI is InChI=1S/C13H10N2OS/c16-13-10(7-11-8-17-15-14-11)6-5-9-3-1-2-4-12(9)13/h1-4,7-8H,5-6H2/b10-7+. The third-order valence-corrected chi connectivity index (χ3v) is 3.44. The van der Waals surface area contributed by atoms with Gasteiger partial charge in [0.1, 0.15) is 0 Å². The highest BCUT2D eigenvalue weighted by molar-refractivity contribution is 7.03. The first kappa shape index (κ1) is 10.4. The van der Waals surface area contributed by atoms with Gasteiger partial charge in [0.25, 0.3) is 0 Å². The van der Waals surface area contributed by atoms with Crippen molar-refractivity contribution in [2.75, 3.05) is 0 Å². The molecule has 1 heterocycles. The molecule has 0 saturated heterocycles. The quantitative estimate of drug-likeness (QED) is 0.722. The van der Waals surface area contributed by atoms with Crippen molar-refractivity contribution in [3.63, 3.8) is 0 Å². The molecule has 3 nitrogen and oxygen atoms in total. The van der Waals surface area contributed by atoms with Gasteiger partial charge in [-0.3, -0.25) is 4.79 Å². The summed E-state index contributed by atoms with van der Waals surface area (Å²) in [5.41, 5.74) is 3.58. The molecule has 4 heteroatoms. The molecule has 2 aromatic rings. The van der Waals surface area contributed by atoms with E-state index in [1.807, 2.05) is 35.7 Å². The Labute approximate surface area is 103 Å². The number of carbonyl (C=O) groups excluding carboxylic acids is 1. The van der Waals surface area contributed by atoms with Crippen molar-refractivity contribution in [1.82, 2.24) is 9.59 Å². The topological polar surface area (TPSA) is 42.9 Å². The lowest BCUT2D eigenvalue weighted by Crippen LogP contribution is -2.13. The number of benzene rings is 1. The van der Waals surface area contributed by atoms with Crippen molar-refractivity contribution in [1.29, 1.82) is 0 Å². The van der Waals surface area contributed by atoms with E-state index >= 15 is 0 Å². The Morgan fingerprint density at radius 2 is 2.12 bits per heavy atom. The van der Waals surface area contributed by atoms with Crippen LogP contribution in [0.25, 0.3) is 6.08 Å². The molecule has 0 atom stereocenters. The van der Waals surface area contributed by atoms with Gasteiger partial charge in [-0.25, -0.2) is 0 Å². The van der Waals surface area contributed by atoms with Gasteiger partial charge in [-0.15, -0.1) is 5.10 Å². The molecule has 0 N–H and O–H groups in total. The molecule has 1 aliphatic carbocycles. The highest BCUT2D eigenvalue weighted by Gasteiger charge is 2.21. The van der Waals surface area contributed by atoms with Crippen LogP contribution in [-0.4, -0.2) is 15.4 Å². The molecule has 1 aromatic heterocycles. The van der Waals surface area contributed by atoms with Crippen molar-refractivity contribution in [3.8, 4) is 0 Å². The lowest BCUT2D eigenvalue weighted by molar-refractivity contribution is 0.102. The number of aromatic nitrogens is 2. The smallest absolute Gasteiger partial charge is 0.189 e. The van der Waals surface area contributed by atoms with Gasteiger partial charge in [-0.2, -0.15) is 0 Å². The second-order valence-electron chi connectivity index (χ2n) is 3.99. The van der Waals surface area contributed by atoms with E-state index in [1.54, 1.807) is 0 Å². The fraction of sp³-hybridized carbons (Fsp3) is 0.154. The molecule has 1 aromatic carbocycles. The van der Waals surface area contributed by atoms with E-state index in [0.717, 1.165) is 35.2 Å². The Hall–Kier alpha value is -1.81. The van der Waals surface area contributed by atoms with Crippen LogP contribution >= 0.6 is 11.5 Å². The summed E-state index contributed by atoms with van der Waals surface area (Å²) in [6, 6.07) is 7.80. The molecule has 0 fully saturated rings. The van der Waals surface area contributed by atoms with E-state index in [0.29, 0.717) is 0 Å². The van der Waals surface area contributed by atoms with Crippen LogP contribution in [0.4, 0.5) is 0 Å². The summed E-state index contributed by atoms with van der Waals surface area (Å²) in [6.07, 6.45) is 3.56. The largest absolute Gasteiger partial charge is 0.289 e. The summed E-state index contributed by atoms with van der Waals surface area (Å²) >= 11 is 1.30. The Bertz CT molecular complexity index is 587. The number of carbonyl (C=O) groups is 1. The van der Waals surface area contributed by atoms with E-state index < -0.39 is 0 Å². The number of hydrogen-bond acceptors (Lipinski definition) is 4. The van der Waals surface area contributed by atoms with Gasteiger partial charge in [0.15, 0.2) is 5.78 Å². The molecule has 84 valence electrons. The average Bonchev–Trinajstić information content (AvgIpc) is 2.86. The third-order valence-electron chi connectivity index (χ3n) is 2.92. The van der Waals surface area contributed by atoms with E-state index in [-0.39, 0.29) is 5.78 Å². The molecule has 0 spiro atoms. The second-order valence-corrected chi connectivity index (χ2v) is 4.60. The van der Waals surface area contributed by atoms with E-state index in [2.05, 4.69) is 9.59 Å². The van der Waals surface area contributed by atoms with Gasteiger partial charge in [0.2, 0.25) is 0 Å². The fourth-order valence-corrected chi connectivity index (χ4v) is 2.48. The molecule has 1 aliphatic rings. The number of hydrogen-bond donors (Lipinski definition) is 0. The van der Waals surface area contributed by atoms with Crippen LogP contribution in [0, 0.1) is 0 Å². The monoisotopic (exact) mass is 242 g/mol. The minimum atomic E-state index is 0.125. The van der Waals surface area contributed by atoms with Crippen molar-refractivity contribution < 1.29 is 4.79 Å². The van der Waals surface area contributed by atoms with Gasteiger partial charge in [-0.1, -0.05) is 28.8 Å². The molecule has 0 unspecified atom stereocenters. The van der Waals surface area contributed by atoms with Gasteiger partial charge < -0.3 is 0 Å². The number of Topliss-reactive ketones (excluding diaryl/α,β-unsaturated/α-hetero) is 1. The van der Waals surface area contributed by atoms with Crippen molar-refractivity contribution >= 4 is 23.4 Å². The predicted octanol–water partition coefficient (Wildman–Crippen LogP) is 2.75. The van der Waals surface area contributed by atoms with Gasteiger partial charge in [0, 0.05) is 16.5 Å². The predicted molar refractivity (Wildman–Crippen MR) is 67.0 cm³/mol. The Balaban J connectivity index is 2.00. The number of fused-ring (bicyclic) bond motifs is 1. The lowest BCUT2D eigenvalue weighted by Gasteiger charge is -2.16. The number of aryl methyl sites for hydroxylation is 1. The zero-order valence-corrected chi connectivity index (χ0v) is 9.91. The molecule has 17 heavy (non-hydrogen) atoms. The maximum Gasteiger partial charge on any atom is 0.189 e. The zero-order chi connectivity index (χ0) is 11.7. The van der Waals surface area contributed by atoms with E-state index in [4.69, 9.17) is 0 Å². The summed E-state index contributed by atoms with van der Waals surface area (Å²) in [5.74, 6) is 0.125. The van der Waals surface area contributed by atoms with E-state index in [1.165, 1.54) is 11.5 Å². The Morgan fingerprint density at radius 1 is 1.24 bits per heavy atom. The number of rotatable bonds is 1. The number of allylic oxidation sites excluding steroid dienone is 1. The SMILES string of the molecule is O=C1/C(=C/c2csnn2)CCc2ccccc21. The summed E-state index contributed by atoms with van der Waals surface area (Å²) in [7, 11) is 0. The first-order valence-corrected chi connectivity index (χ1v) is 6.28. The normalized spacial score (nSPS) is 17.2.